The summed E-state index contributed by atoms with van der Waals surface area (Å²) >= 11 is 0. The van der Waals surface area contributed by atoms with E-state index in [1.807, 2.05) is 0 Å². The summed E-state index contributed by atoms with van der Waals surface area (Å²) in [6, 6.07) is 0. The number of hydrogen-bond acceptors (Lipinski definition) is 5. The van der Waals surface area contributed by atoms with E-state index < -0.39 is 5.54 Å². The van der Waals surface area contributed by atoms with Gasteiger partial charge in [0.1, 0.15) is 0 Å². The van der Waals surface area contributed by atoms with Gasteiger partial charge >= 0.3 is 0 Å². The number of imidazole rings is 1. The predicted molar refractivity (Wildman–Crippen MR) is 60.3 cm³/mol. The number of nitrogens with zero attached hydrogens (tertiary/aromatic N) is 3. The molecule has 0 bridgehead atoms. The third kappa shape index (κ3) is 1.63. The monoisotopic (exact) mass is 235 g/mol. The topological polar surface area (TPSA) is 110 Å². The van der Waals surface area contributed by atoms with Gasteiger partial charge in [0.05, 0.1) is 18.8 Å². The van der Waals surface area contributed by atoms with Gasteiger partial charge in [-0.3, -0.25) is 4.79 Å². The number of nitrogens with two attached hydrogens (primary N) is 1. The summed E-state index contributed by atoms with van der Waals surface area (Å²) in [6.45, 7) is 0.511. The zero-order valence-electron chi connectivity index (χ0n) is 9.13. The molecule has 90 valence electrons. The Hall–Kier alpha value is -1.73. The number of aromatic nitrogens is 4. The molecule has 17 heavy (non-hydrogen) atoms. The molecule has 1 saturated carbocycles. The van der Waals surface area contributed by atoms with Gasteiger partial charge < -0.3 is 20.4 Å². The fourth-order valence-electron chi connectivity index (χ4n) is 2.35. The summed E-state index contributed by atoms with van der Waals surface area (Å²) < 4.78 is 1.76. The second-order valence-corrected chi connectivity index (χ2v) is 4.70. The van der Waals surface area contributed by atoms with Crippen LogP contribution in [-0.2, 0) is 6.54 Å². The Morgan fingerprint density at radius 1 is 1.59 bits per heavy atom. The predicted octanol–water partition coefficient (Wildman–Crippen LogP) is -1.03. The first-order valence-corrected chi connectivity index (χ1v) is 5.43. The standard InChI is InChI=1S/C10H13N5O2/c11-10(1-6(16)2-10)3-15-5-14-7-8(15)12-4-13-9(7)17/h4-6,16H,1-3,11H2,(H,12,13,17). The second-order valence-electron chi connectivity index (χ2n) is 4.70. The van der Waals surface area contributed by atoms with Crippen LogP contribution in [0.15, 0.2) is 17.4 Å². The number of fused-ring (bicyclic) bond motifs is 1. The number of aliphatic hydroxyl groups excluding tert-OH is 1. The molecule has 0 amide bonds. The number of H-pyrrole nitrogens is 1. The maximum atomic E-state index is 11.5. The minimum absolute atomic E-state index is 0.256. The third-order valence-corrected chi connectivity index (χ3v) is 3.18. The SMILES string of the molecule is NC1(Cn2cnc3c(=O)[nH]cnc32)CC(O)C1. The number of hydrogen-bond donors (Lipinski definition) is 3. The molecule has 3 rings (SSSR count). The van der Waals surface area contributed by atoms with E-state index in [1.165, 1.54) is 6.33 Å². The van der Waals surface area contributed by atoms with E-state index in [0.717, 1.165) is 0 Å². The molecule has 1 fully saturated rings. The average Bonchev–Trinajstić information content (AvgIpc) is 2.61. The molecular formula is C10H13N5O2. The lowest BCUT2D eigenvalue weighted by Gasteiger charge is -2.42. The van der Waals surface area contributed by atoms with Crippen molar-refractivity contribution in [2.45, 2.75) is 31.0 Å². The van der Waals surface area contributed by atoms with Crippen molar-refractivity contribution >= 4 is 11.2 Å². The number of aromatic amines is 1. The molecule has 0 aromatic carbocycles. The summed E-state index contributed by atoms with van der Waals surface area (Å²) in [5.41, 5.74) is 6.26. The fourth-order valence-corrected chi connectivity index (χ4v) is 2.35. The Kier molecular flexibility index (Phi) is 2.07. The van der Waals surface area contributed by atoms with Gasteiger partial charge in [0.25, 0.3) is 5.56 Å². The molecule has 0 aliphatic heterocycles. The summed E-state index contributed by atoms with van der Waals surface area (Å²) in [4.78, 5) is 22.0. The highest BCUT2D eigenvalue weighted by molar-refractivity contribution is 5.68. The highest BCUT2D eigenvalue weighted by Crippen LogP contribution is 2.31. The van der Waals surface area contributed by atoms with Crippen LogP contribution < -0.4 is 11.3 Å². The Balaban J connectivity index is 1.97. The lowest BCUT2D eigenvalue weighted by Crippen LogP contribution is -2.57. The summed E-state index contributed by atoms with van der Waals surface area (Å²) in [6.07, 6.45) is 3.73. The molecule has 2 aromatic rings. The Morgan fingerprint density at radius 2 is 2.35 bits per heavy atom. The highest BCUT2D eigenvalue weighted by Gasteiger charge is 2.40. The van der Waals surface area contributed by atoms with Gasteiger partial charge in [0.15, 0.2) is 11.2 Å². The zero-order chi connectivity index (χ0) is 12.0. The van der Waals surface area contributed by atoms with Crippen molar-refractivity contribution in [2.24, 2.45) is 5.73 Å². The minimum atomic E-state index is -0.419. The van der Waals surface area contributed by atoms with Crippen molar-refractivity contribution in [3.05, 3.63) is 23.0 Å². The molecule has 0 spiro atoms. The van der Waals surface area contributed by atoms with Gasteiger partial charge in [0, 0.05) is 12.1 Å². The molecule has 0 unspecified atom stereocenters. The molecule has 1 aliphatic rings. The summed E-state index contributed by atoms with van der Waals surface area (Å²) in [7, 11) is 0. The van der Waals surface area contributed by atoms with Crippen molar-refractivity contribution in [1.82, 2.24) is 19.5 Å². The van der Waals surface area contributed by atoms with E-state index in [2.05, 4.69) is 15.0 Å². The van der Waals surface area contributed by atoms with Crippen LogP contribution >= 0.6 is 0 Å². The van der Waals surface area contributed by atoms with Crippen molar-refractivity contribution < 1.29 is 5.11 Å². The van der Waals surface area contributed by atoms with E-state index >= 15 is 0 Å². The number of aliphatic hydroxyl groups is 1. The van der Waals surface area contributed by atoms with Crippen LogP contribution in [-0.4, -0.2) is 36.3 Å². The molecular weight excluding hydrogens is 222 g/mol. The van der Waals surface area contributed by atoms with Gasteiger partial charge in [-0.25, -0.2) is 9.97 Å². The van der Waals surface area contributed by atoms with Crippen LogP contribution in [0.2, 0.25) is 0 Å². The van der Waals surface area contributed by atoms with Gasteiger partial charge in [-0.15, -0.1) is 0 Å². The molecule has 2 aromatic heterocycles. The lowest BCUT2D eigenvalue weighted by molar-refractivity contribution is 0.0149. The van der Waals surface area contributed by atoms with Crippen LogP contribution in [0.4, 0.5) is 0 Å². The van der Waals surface area contributed by atoms with Crippen molar-refractivity contribution in [2.75, 3.05) is 0 Å². The molecule has 0 saturated heterocycles. The molecule has 2 heterocycles. The van der Waals surface area contributed by atoms with Gasteiger partial charge in [-0.2, -0.15) is 0 Å². The Bertz CT molecular complexity index is 610. The van der Waals surface area contributed by atoms with Crippen LogP contribution in [0, 0.1) is 0 Å². The van der Waals surface area contributed by atoms with Crippen molar-refractivity contribution in [1.29, 1.82) is 0 Å². The van der Waals surface area contributed by atoms with Crippen molar-refractivity contribution in [3.8, 4) is 0 Å². The normalized spacial score (nSPS) is 28.2. The molecule has 0 atom stereocenters. The highest BCUT2D eigenvalue weighted by atomic mass is 16.3. The average molecular weight is 235 g/mol. The molecule has 1 aliphatic carbocycles. The Labute approximate surface area is 96.3 Å². The number of rotatable bonds is 2. The third-order valence-electron chi connectivity index (χ3n) is 3.18. The molecule has 7 nitrogen and oxygen atoms in total. The van der Waals surface area contributed by atoms with E-state index in [4.69, 9.17) is 5.73 Å². The lowest BCUT2D eigenvalue weighted by atomic mass is 9.75. The maximum absolute atomic E-state index is 11.5. The van der Waals surface area contributed by atoms with Crippen LogP contribution in [0.3, 0.4) is 0 Å². The second kappa shape index (κ2) is 3.38. The first-order chi connectivity index (χ1) is 8.07. The van der Waals surface area contributed by atoms with Gasteiger partial charge in [-0.05, 0) is 12.8 Å². The molecule has 4 N–H and O–H groups in total. The van der Waals surface area contributed by atoms with E-state index in [-0.39, 0.29) is 11.7 Å². The van der Waals surface area contributed by atoms with Crippen LogP contribution in [0.1, 0.15) is 12.8 Å². The van der Waals surface area contributed by atoms with E-state index in [1.54, 1.807) is 10.9 Å². The maximum Gasteiger partial charge on any atom is 0.278 e. The first kappa shape index (κ1) is 10.4. The van der Waals surface area contributed by atoms with E-state index in [0.29, 0.717) is 30.6 Å². The molecule has 7 heteroatoms. The fraction of sp³-hybridized carbons (Fsp3) is 0.500. The van der Waals surface area contributed by atoms with Crippen molar-refractivity contribution in [3.63, 3.8) is 0 Å². The zero-order valence-corrected chi connectivity index (χ0v) is 9.13. The van der Waals surface area contributed by atoms with Crippen LogP contribution in [0.5, 0.6) is 0 Å². The minimum Gasteiger partial charge on any atom is -0.393 e. The van der Waals surface area contributed by atoms with E-state index in [9.17, 15) is 9.90 Å². The summed E-state index contributed by atoms with van der Waals surface area (Å²) in [5, 5.41) is 9.29. The molecule has 0 radical (unpaired) electrons. The number of nitrogens with one attached hydrogen (secondary N) is 1. The van der Waals surface area contributed by atoms with Gasteiger partial charge in [-0.1, -0.05) is 0 Å². The summed E-state index contributed by atoms with van der Waals surface area (Å²) in [5.74, 6) is 0. The first-order valence-electron chi connectivity index (χ1n) is 5.43. The smallest absolute Gasteiger partial charge is 0.278 e. The van der Waals surface area contributed by atoms with Gasteiger partial charge in [0.2, 0.25) is 0 Å². The largest absolute Gasteiger partial charge is 0.393 e. The Morgan fingerprint density at radius 3 is 3.06 bits per heavy atom. The quantitative estimate of drug-likeness (QED) is 0.616. The van der Waals surface area contributed by atoms with Crippen LogP contribution in [0.25, 0.3) is 11.2 Å².